The Labute approximate surface area is 487 Å². The average molecular weight is 1120 g/mol. The lowest BCUT2D eigenvalue weighted by Gasteiger charge is -2.79. The normalized spacial score (nSPS) is 40.8. The van der Waals surface area contributed by atoms with Gasteiger partial charge in [-0.05, 0) is 200 Å². The first-order valence-electron chi connectivity index (χ1n) is 32.9. The van der Waals surface area contributed by atoms with E-state index in [4.69, 9.17) is 9.47 Å². The maximum absolute atomic E-state index is 16.5. The molecule has 1 aromatic carbocycles. The van der Waals surface area contributed by atoms with Crippen LogP contribution < -0.4 is 5.32 Å². The summed E-state index contributed by atoms with van der Waals surface area (Å²) in [6.07, 6.45) is 24.0. The number of carbonyl (C=O) groups excluding carboxylic acids is 2. The number of aliphatic hydroxyl groups excluding tert-OH is 2. The first kappa shape index (κ1) is 54.8. The maximum atomic E-state index is 16.5. The summed E-state index contributed by atoms with van der Waals surface area (Å²) in [5.74, 6) is 0.631. The van der Waals surface area contributed by atoms with E-state index in [9.17, 15) is 15.3 Å². The molecule has 0 radical (unpaired) electrons. The molecule has 11 nitrogen and oxygen atoms in total. The predicted octanol–water partition coefficient (Wildman–Crippen LogP) is 12.5. The Bertz CT molecular complexity index is 3290. The Balaban J connectivity index is 0.933. The van der Waals surface area contributed by atoms with Crippen molar-refractivity contribution in [3.05, 3.63) is 93.1 Å². The number of ether oxygens (including phenoxy) is 2. The minimum absolute atomic E-state index is 0.0567. The van der Waals surface area contributed by atoms with E-state index in [0.717, 1.165) is 87.4 Å². The highest BCUT2D eigenvalue weighted by atomic mass is 16.6. The van der Waals surface area contributed by atoms with E-state index in [1.165, 1.54) is 76.7 Å². The average Bonchev–Trinajstić information content (AvgIpc) is 1.09. The van der Waals surface area contributed by atoms with Gasteiger partial charge in [-0.3, -0.25) is 9.59 Å². The molecule has 6 heterocycles. The molecule has 442 valence electrons. The number of allylic oxidation sites excluding steroid dienone is 1. The molecule has 2 bridgehead atoms. The Morgan fingerprint density at radius 1 is 0.890 bits per heavy atom. The molecule has 3 aliphatic heterocycles. The molecule has 14 atom stereocenters. The summed E-state index contributed by atoms with van der Waals surface area (Å²) in [4.78, 5) is 40.3. The van der Waals surface area contributed by atoms with Crippen LogP contribution in [0.1, 0.15) is 227 Å². The first-order chi connectivity index (χ1) is 39.1. The minimum Gasteiger partial charge on any atom is -0.392 e. The third-order valence-corrected chi connectivity index (χ3v) is 27.2. The summed E-state index contributed by atoms with van der Waals surface area (Å²) < 4.78 is 14.5. The van der Waals surface area contributed by atoms with E-state index in [-0.39, 0.29) is 40.5 Å². The van der Waals surface area contributed by atoms with Crippen LogP contribution in [0.25, 0.3) is 11.0 Å². The van der Waals surface area contributed by atoms with Gasteiger partial charge < -0.3 is 44.6 Å². The highest BCUT2D eigenvalue weighted by molar-refractivity contribution is 6.02. The van der Waals surface area contributed by atoms with E-state index in [1.807, 2.05) is 7.05 Å². The summed E-state index contributed by atoms with van der Waals surface area (Å²) in [5, 5.41) is 43.2. The number of nitrogens with one attached hydrogen (secondary N) is 3. The molecule has 2 saturated heterocycles. The number of nitrogens with zero attached hydrogens (tertiary/aromatic N) is 1. The zero-order valence-electron chi connectivity index (χ0n) is 50.8. The van der Waals surface area contributed by atoms with Gasteiger partial charge in [0, 0.05) is 92.0 Å². The monoisotopic (exact) mass is 1120 g/mol. The van der Waals surface area contributed by atoms with Crippen molar-refractivity contribution in [1.82, 2.24) is 19.9 Å². The fourth-order valence-corrected chi connectivity index (χ4v) is 23.8. The second kappa shape index (κ2) is 18.4. The number of aromatic amines is 2. The van der Waals surface area contributed by atoms with E-state index in [0.29, 0.717) is 75.9 Å². The van der Waals surface area contributed by atoms with Gasteiger partial charge in [-0.1, -0.05) is 84.9 Å². The molecule has 4 aromatic rings. The highest BCUT2D eigenvalue weighted by Gasteiger charge is 2.84. The van der Waals surface area contributed by atoms with Crippen LogP contribution in [-0.4, -0.2) is 92.1 Å². The Hall–Kier alpha value is -3.84. The van der Waals surface area contributed by atoms with Crippen molar-refractivity contribution >= 4 is 22.6 Å². The Morgan fingerprint density at radius 2 is 1.65 bits per heavy atom. The van der Waals surface area contributed by atoms with Crippen LogP contribution in [0.3, 0.4) is 0 Å². The number of aromatic nitrogens is 3. The molecule has 8 aliphatic carbocycles. The van der Waals surface area contributed by atoms with E-state index in [2.05, 4.69) is 111 Å². The Morgan fingerprint density at radius 3 is 2.38 bits per heavy atom. The van der Waals surface area contributed by atoms with Crippen molar-refractivity contribution in [2.75, 3.05) is 26.8 Å². The maximum Gasteiger partial charge on any atom is 0.160 e. The zero-order chi connectivity index (χ0) is 56.9. The number of hydrogen-bond donors (Lipinski definition) is 6. The standard InChI is InChI=1S/C71H96N4O7/c1-63(2)61(82-63)51(77)35-64(3)21-16-44-37-74-56-46(31-41-30-45(42-14-10-9-11-15-42)33-47(32-41)71(80)24-28-81-29-25-71)38-75(57(44)56)39-49-52-54(64)50(76)36-66(52,5)67(6)40-69(19-12-13-20-69)62-65(4,23-27-72-8)60(79)53-48-18-26-73-55(48)43-17-22-70(53,34-43)68(62,7)59(67)58(49)78/h18,26,30,32-33,37-38,42-43,49,51,53,58-59,61-62,72-74,77-78,80H,9-17,19-25,27-29,31,34-36,39-40H2,1-8H3. The molecule has 6 N–H and O–H groups in total. The molecular formula is C71H96N4O7. The number of benzene rings is 1. The lowest BCUT2D eigenvalue weighted by atomic mass is 9.24. The van der Waals surface area contributed by atoms with Crippen LogP contribution in [0.5, 0.6) is 0 Å². The van der Waals surface area contributed by atoms with Gasteiger partial charge in [0.1, 0.15) is 11.9 Å². The first-order valence-corrected chi connectivity index (χ1v) is 32.9. The predicted molar refractivity (Wildman–Crippen MR) is 318 cm³/mol. The fraction of sp³-hybridized carbons (Fsp3) is 0.718. The Kier molecular flexibility index (Phi) is 12.3. The van der Waals surface area contributed by atoms with Crippen molar-refractivity contribution in [1.29, 1.82) is 0 Å². The minimum atomic E-state index is -0.930. The highest BCUT2D eigenvalue weighted by Crippen LogP contribution is 2.87. The van der Waals surface area contributed by atoms with Crippen LogP contribution in [0.4, 0.5) is 0 Å². The number of carbonyl (C=O) groups is 2. The van der Waals surface area contributed by atoms with Crippen LogP contribution in [0.15, 0.2) is 54.0 Å². The number of fused-ring (bicyclic) bond motifs is 9. The smallest absolute Gasteiger partial charge is 0.160 e. The van der Waals surface area contributed by atoms with Gasteiger partial charge in [0.05, 0.1) is 40.4 Å². The third-order valence-electron chi connectivity index (χ3n) is 27.2. The molecule has 8 fully saturated rings. The van der Waals surface area contributed by atoms with Crippen molar-refractivity contribution in [3.8, 4) is 0 Å². The fourth-order valence-electron chi connectivity index (χ4n) is 23.8. The van der Waals surface area contributed by atoms with Crippen molar-refractivity contribution in [2.45, 2.75) is 237 Å². The second-order valence-electron chi connectivity index (χ2n) is 31.6. The molecule has 6 saturated carbocycles. The summed E-state index contributed by atoms with van der Waals surface area (Å²) in [6.45, 7) is 18.9. The lowest BCUT2D eigenvalue weighted by molar-refractivity contribution is -0.303. The van der Waals surface area contributed by atoms with Gasteiger partial charge in [-0.15, -0.1) is 0 Å². The molecule has 2 spiro atoms. The van der Waals surface area contributed by atoms with Gasteiger partial charge in [0.2, 0.25) is 0 Å². The molecule has 15 rings (SSSR count). The van der Waals surface area contributed by atoms with Gasteiger partial charge in [-0.25, -0.2) is 0 Å². The third kappa shape index (κ3) is 7.28. The molecule has 3 aromatic heterocycles. The number of aliphatic hydroxyl groups is 3. The second-order valence-corrected chi connectivity index (χ2v) is 31.6. The molecule has 0 amide bonds. The topological polar surface area (TPSA) is 165 Å². The van der Waals surface area contributed by atoms with Crippen LogP contribution in [-0.2, 0) is 44.1 Å². The van der Waals surface area contributed by atoms with Crippen LogP contribution in [0.2, 0.25) is 0 Å². The number of aryl methyl sites for hydroxylation is 1. The molecule has 14 unspecified atom stereocenters. The van der Waals surface area contributed by atoms with Crippen molar-refractivity contribution in [2.24, 2.45) is 55.7 Å². The molecular weight excluding hydrogens is 1020 g/mol. The van der Waals surface area contributed by atoms with Gasteiger partial charge >= 0.3 is 0 Å². The summed E-state index contributed by atoms with van der Waals surface area (Å²) in [6, 6.07) is 9.32. The number of hydrogen-bond acceptors (Lipinski definition) is 8. The summed E-state index contributed by atoms with van der Waals surface area (Å²) in [5.41, 5.74) is 8.04. The number of ketones is 2. The van der Waals surface area contributed by atoms with Crippen molar-refractivity contribution < 1.29 is 34.4 Å². The zero-order valence-corrected chi connectivity index (χ0v) is 50.8. The quantitative estimate of drug-likeness (QED) is 0.0854. The van der Waals surface area contributed by atoms with Gasteiger partial charge in [-0.2, -0.15) is 0 Å². The molecule has 82 heavy (non-hydrogen) atoms. The van der Waals surface area contributed by atoms with Crippen LogP contribution in [0, 0.1) is 55.7 Å². The number of rotatable bonds is 10. The van der Waals surface area contributed by atoms with Crippen molar-refractivity contribution in [3.63, 3.8) is 0 Å². The summed E-state index contributed by atoms with van der Waals surface area (Å²) >= 11 is 0. The van der Waals surface area contributed by atoms with Crippen LogP contribution >= 0.6 is 0 Å². The lowest BCUT2D eigenvalue weighted by Crippen LogP contribution is -2.77. The van der Waals surface area contributed by atoms with Gasteiger partial charge in [0.15, 0.2) is 5.78 Å². The van der Waals surface area contributed by atoms with E-state index in [1.54, 1.807) is 0 Å². The molecule has 11 aliphatic rings. The SMILES string of the molecule is CNCCC1(C)C(=O)C2c3cc[nH]c3C3CCC2(C3)C2(C)C1C1(CCCC1)CC1(C)C2C(O)C2Cn3cc(Cc4cc(C5CCCCC5)cc(C5(O)CCOCC5)c4)c4[nH]cc(c43)CCC(C)(CC(O)C3OC3(C)C)C3=C2C1(C)CC3=O. The number of epoxide rings is 1. The van der Waals surface area contributed by atoms with Gasteiger partial charge in [0.25, 0.3) is 0 Å². The number of H-pyrrole nitrogens is 2. The summed E-state index contributed by atoms with van der Waals surface area (Å²) in [7, 11) is 2.04. The van der Waals surface area contributed by atoms with E-state index < -0.39 is 56.4 Å². The molecule has 11 heteroatoms. The number of Topliss-reactive ketones (excluding diaryl/α,β-unsaturated/α-hetero) is 2. The van der Waals surface area contributed by atoms with E-state index >= 15 is 9.59 Å². The largest absolute Gasteiger partial charge is 0.392 e.